The molecule has 10 aromatic rings. The quantitative estimate of drug-likeness (QED) is 0.172. The van der Waals surface area contributed by atoms with Crippen molar-refractivity contribution in [3.05, 3.63) is 235 Å². The molecule has 1 aliphatic rings. The van der Waals surface area contributed by atoms with Gasteiger partial charge in [0.05, 0.1) is 16.8 Å². The van der Waals surface area contributed by atoms with Crippen molar-refractivity contribution in [3.8, 4) is 22.3 Å². The van der Waals surface area contributed by atoms with E-state index in [0.29, 0.717) is 0 Å². The van der Waals surface area contributed by atoms with Crippen molar-refractivity contribution in [1.29, 1.82) is 0 Å². The standard InChI is InChI=1S/C53H35NO/c1-4-18-36(19-5-1)37-20-16-25-40(34-37)54(48-32-17-30-44-42-27-13-15-33-50(42)55-52(44)48)49-35-47-51(43-28-11-10-26-41(43)49)45-29-12-14-31-46(45)53(47,38-21-6-2-7-22-38)39-23-8-3-9-24-39/h1-35H. The largest absolute Gasteiger partial charge is 0.454 e. The van der Waals surface area contributed by atoms with Gasteiger partial charge in [-0.05, 0) is 80.2 Å². The number of rotatable bonds is 6. The molecule has 0 aliphatic heterocycles. The lowest BCUT2D eigenvalue weighted by atomic mass is 9.67. The van der Waals surface area contributed by atoms with E-state index in [0.717, 1.165) is 44.6 Å². The molecule has 2 nitrogen and oxygen atoms in total. The van der Waals surface area contributed by atoms with Crippen LogP contribution in [-0.4, -0.2) is 0 Å². The van der Waals surface area contributed by atoms with Crippen LogP contribution in [0.2, 0.25) is 0 Å². The van der Waals surface area contributed by atoms with Crippen molar-refractivity contribution >= 4 is 49.8 Å². The minimum Gasteiger partial charge on any atom is -0.454 e. The van der Waals surface area contributed by atoms with Crippen molar-refractivity contribution in [2.24, 2.45) is 0 Å². The number of anilines is 3. The van der Waals surface area contributed by atoms with E-state index in [2.05, 4.69) is 211 Å². The molecule has 9 aromatic carbocycles. The number of benzene rings is 9. The van der Waals surface area contributed by atoms with Crippen LogP contribution < -0.4 is 4.90 Å². The first-order chi connectivity index (χ1) is 27.3. The van der Waals surface area contributed by atoms with Gasteiger partial charge in [-0.1, -0.05) is 182 Å². The lowest BCUT2D eigenvalue weighted by molar-refractivity contribution is 0.669. The molecular formula is C53H35NO. The smallest absolute Gasteiger partial charge is 0.159 e. The molecule has 1 heterocycles. The molecule has 1 aliphatic carbocycles. The summed E-state index contributed by atoms with van der Waals surface area (Å²) in [5.41, 5.74) is 14.2. The van der Waals surface area contributed by atoms with Crippen molar-refractivity contribution in [2.75, 3.05) is 4.90 Å². The Morgan fingerprint density at radius 1 is 0.382 bits per heavy atom. The lowest BCUT2D eigenvalue weighted by Gasteiger charge is -2.35. The first-order valence-electron chi connectivity index (χ1n) is 18.9. The highest BCUT2D eigenvalue weighted by molar-refractivity contribution is 6.14. The molecule has 0 radical (unpaired) electrons. The highest BCUT2D eigenvalue weighted by Crippen LogP contribution is 2.60. The predicted molar refractivity (Wildman–Crippen MR) is 229 cm³/mol. The van der Waals surface area contributed by atoms with Gasteiger partial charge in [-0.2, -0.15) is 0 Å². The summed E-state index contributed by atoms with van der Waals surface area (Å²) >= 11 is 0. The van der Waals surface area contributed by atoms with Crippen molar-refractivity contribution < 1.29 is 4.42 Å². The summed E-state index contributed by atoms with van der Waals surface area (Å²) in [4.78, 5) is 2.43. The maximum atomic E-state index is 6.82. The van der Waals surface area contributed by atoms with Crippen molar-refractivity contribution in [3.63, 3.8) is 0 Å². The maximum absolute atomic E-state index is 6.82. The molecule has 0 saturated heterocycles. The van der Waals surface area contributed by atoms with Crippen LogP contribution in [0.25, 0.3) is 55.0 Å². The van der Waals surface area contributed by atoms with Gasteiger partial charge in [-0.15, -0.1) is 0 Å². The molecule has 0 N–H and O–H groups in total. The fraction of sp³-hybridized carbons (Fsp3) is 0.0189. The maximum Gasteiger partial charge on any atom is 0.159 e. The molecule has 258 valence electrons. The van der Waals surface area contributed by atoms with Crippen LogP contribution in [0.15, 0.2) is 217 Å². The van der Waals surface area contributed by atoms with E-state index in [1.807, 2.05) is 6.07 Å². The number of para-hydroxylation sites is 2. The third kappa shape index (κ3) is 4.68. The van der Waals surface area contributed by atoms with E-state index in [4.69, 9.17) is 4.42 Å². The van der Waals surface area contributed by atoms with Crippen molar-refractivity contribution in [1.82, 2.24) is 0 Å². The zero-order valence-electron chi connectivity index (χ0n) is 30.1. The summed E-state index contributed by atoms with van der Waals surface area (Å²) < 4.78 is 6.82. The van der Waals surface area contributed by atoms with E-state index in [1.165, 1.54) is 49.7 Å². The molecule has 0 bridgehead atoms. The van der Waals surface area contributed by atoms with Crippen molar-refractivity contribution in [2.45, 2.75) is 5.41 Å². The first-order valence-corrected chi connectivity index (χ1v) is 18.9. The Kier molecular flexibility index (Phi) is 7.11. The molecule has 0 fully saturated rings. The summed E-state index contributed by atoms with van der Waals surface area (Å²) in [5, 5.41) is 4.60. The van der Waals surface area contributed by atoms with E-state index in [-0.39, 0.29) is 0 Å². The minimum atomic E-state index is -0.559. The Morgan fingerprint density at radius 3 is 1.73 bits per heavy atom. The van der Waals surface area contributed by atoms with Gasteiger partial charge in [-0.3, -0.25) is 0 Å². The second-order valence-electron chi connectivity index (χ2n) is 14.4. The summed E-state index contributed by atoms with van der Waals surface area (Å²) in [6, 6.07) is 77.0. The van der Waals surface area contributed by atoms with E-state index in [1.54, 1.807) is 0 Å². The Bertz CT molecular complexity index is 3000. The molecule has 11 rings (SSSR count). The van der Waals surface area contributed by atoms with Crippen LogP contribution in [0.4, 0.5) is 17.1 Å². The fourth-order valence-electron chi connectivity index (χ4n) is 9.24. The van der Waals surface area contributed by atoms with Gasteiger partial charge in [0.1, 0.15) is 5.58 Å². The average molecular weight is 702 g/mol. The fourth-order valence-corrected chi connectivity index (χ4v) is 9.24. The first kappa shape index (κ1) is 31.4. The molecule has 2 heteroatoms. The zero-order chi connectivity index (χ0) is 36.3. The number of hydrogen-bond donors (Lipinski definition) is 0. The molecule has 0 atom stereocenters. The van der Waals surface area contributed by atoms with Crippen LogP contribution in [0.1, 0.15) is 22.3 Å². The second kappa shape index (κ2) is 12.5. The van der Waals surface area contributed by atoms with Crippen LogP contribution >= 0.6 is 0 Å². The van der Waals surface area contributed by atoms with Gasteiger partial charge in [0.25, 0.3) is 0 Å². The number of furan rings is 1. The van der Waals surface area contributed by atoms with Gasteiger partial charge in [0.2, 0.25) is 0 Å². The Hall–Kier alpha value is -7.16. The van der Waals surface area contributed by atoms with Crippen LogP contribution in [0.3, 0.4) is 0 Å². The Balaban J connectivity index is 1.29. The summed E-state index contributed by atoms with van der Waals surface area (Å²) in [7, 11) is 0. The predicted octanol–water partition coefficient (Wildman–Crippen LogP) is 14.2. The molecular weight excluding hydrogens is 667 g/mol. The lowest BCUT2D eigenvalue weighted by Crippen LogP contribution is -2.28. The third-order valence-electron chi connectivity index (χ3n) is 11.5. The third-order valence-corrected chi connectivity index (χ3v) is 11.5. The Labute approximate surface area is 320 Å². The van der Waals surface area contributed by atoms with Gasteiger partial charge in [0, 0.05) is 21.8 Å². The number of hydrogen-bond acceptors (Lipinski definition) is 2. The monoisotopic (exact) mass is 701 g/mol. The molecule has 0 saturated carbocycles. The van der Waals surface area contributed by atoms with Crippen LogP contribution in [0.5, 0.6) is 0 Å². The van der Waals surface area contributed by atoms with Crippen LogP contribution in [-0.2, 0) is 5.41 Å². The molecule has 55 heavy (non-hydrogen) atoms. The van der Waals surface area contributed by atoms with Gasteiger partial charge >= 0.3 is 0 Å². The minimum absolute atomic E-state index is 0.559. The molecule has 0 unspecified atom stereocenters. The number of nitrogens with zero attached hydrogens (tertiary/aromatic N) is 1. The molecule has 0 spiro atoms. The topological polar surface area (TPSA) is 16.4 Å². The van der Waals surface area contributed by atoms with E-state index in [9.17, 15) is 0 Å². The summed E-state index contributed by atoms with van der Waals surface area (Å²) in [5.74, 6) is 0. The van der Waals surface area contributed by atoms with Gasteiger partial charge in [-0.25, -0.2) is 0 Å². The summed E-state index contributed by atoms with van der Waals surface area (Å²) in [6.07, 6.45) is 0. The highest BCUT2D eigenvalue weighted by Gasteiger charge is 2.47. The second-order valence-corrected chi connectivity index (χ2v) is 14.4. The zero-order valence-corrected chi connectivity index (χ0v) is 30.1. The van der Waals surface area contributed by atoms with Gasteiger partial charge < -0.3 is 9.32 Å². The summed E-state index contributed by atoms with van der Waals surface area (Å²) in [6.45, 7) is 0. The van der Waals surface area contributed by atoms with E-state index >= 15 is 0 Å². The number of fused-ring (bicyclic) bond motifs is 8. The van der Waals surface area contributed by atoms with Crippen LogP contribution in [0, 0.1) is 0 Å². The van der Waals surface area contributed by atoms with Gasteiger partial charge in [0.15, 0.2) is 5.58 Å². The molecule has 0 amide bonds. The SMILES string of the molecule is c1ccc(-c2cccc(N(c3cc4c(c5ccccc35)-c3ccccc3C4(c3ccccc3)c3ccccc3)c3cccc4c3oc3ccccc34)c2)cc1. The van der Waals surface area contributed by atoms with E-state index < -0.39 is 5.41 Å². The highest BCUT2D eigenvalue weighted by atomic mass is 16.3. The Morgan fingerprint density at radius 2 is 0.964 bits per heavy atom. The normalized spacial score (nSPS) is 12.9. The molecule has 1 aromatic heterocycles. The average Bonchev–Trinajstić information content (AvgIpc) is 3.79.